The van der Waals surface area contributed by atoms with Crippen LogP contribution in [0.1, 0.15) is 15.9 Å². The van der Waals surface area contributed by atoms with Crippen molar-refractivity contribution in [3.05, 3.63) is 58.6 Å². The number of aromatic hydroxyl groups is 1. The minimum absolute atomic E-state index is 0.0888. The molecule has 0 unspecified atom stereocenters. The molecule has 0 saturated heterocycles. The number of rotatable bonds is 3. The maximum Gasteiger partial charge on any atom is 0.259 e. The van der Waals surface area contributed by atoms with E-state index in [9.17, 15) is 9.90 Å². The Morgan fingerprint density at radius 3 is 2.68 bits per heavy atom. The normalized spacial score (nSPS) is 10.7. The first-order valence-electron chi connectivity index (χ1n) is 7.58. The third-order valence-corrected chi connectivity index (χ3v) is 4.44. The number of nitrogens with one attached hydrogen (secondary N) is 1. The summed E-state index contributed by atoms with van der Waals surface area (Å²) in [5.74, 6) is -0.312. The van der Waals surface area contributed by atoms with E-state index >= 15 is 0 Å². The molecule has 0 bridgehead atoms. The number of hydrogen-bond acceptors (Lipinski definition) is 4. The zero-order valence-corrected chi connectivity index (χ0v) is 14.5. The van der Waals surface area contributed by atoms with Gasteiger partial charge in [0.2, 0.25) is 0 Å². The molecule has 0 aromatic heterocycles. The van der Waals surface area contributed by atoms with Crippen LogP contribution in [0.5, 0.6) is 11.5 Å². The first-order chi connectivity index (χ1) is 11.9. The number of amides is 1. The van der Waals surface area contributed by atoms with Crippen molar-refractivity contribution in [2.24, 2.45) is 0 Å². The van der Waals surface area contributed by atoms with E-state index in [2.05, 4.69) is 5.32 Å². The number of anilines is 2. The van der Waals surface area contributed by atoms with Crippen LogP contribution in [-0.4, -0.2) is 18.1 Å². The van der Waals surface area contributed by atoms with Crippen molar-refractivity contribution in [3.63, 3.8) is 0 Å². The second kappa shape index (κ2) is 6.53. The number of carbonyl (C=O) groups excluding carboxylic acids is 1. The summed E-state index contributed by atoms with van der Waals surface area (Å²) >= 11 is 6.08. The zero-order chi connectivity index (χ0) is 18.1. The van der Waals surface area contributed by atoms with Gasteiger partial charge in [-0.2, -0.15) is 0 Å². The number of phenols is 1. The highest BCUT2D eigenvalue weighted by Gasteiger charge is 2.18. The van der Waals surface area contributed by atoms with Gasteiger partial charge in [0, 0.05) is 16.5 Å². The molecule has 6 heteroatoms. The molecular formula is C19H17ClN2O3. The Labute approximate surface area is 150 Å². The van der Waals surface area contributed by atoms with Crippen molar-refractivity contribution >= 4 is 39.7 Å². The molecule has 0 atom stereocenters. The lowest BCUT2D eigenvalue weighted by Gasteiger charge is -2.14. The molecular weight excluding hydrogens is 340 g/mol. The molecule has 5 nitrogen and oxygen atoms in total. The maximum atomic E-state index is 12.7. The fourth-order valence-corrected chi connectivity index (χ4v) is 2.81. The van der Waals surface area contributed by atoms with Crippen LogP contribution >= 0.6 is 11.6 Å². The van der Waals surface area contributed by atoms with Crippen LogP contribution in [-0.2, 0) is 0 Å². The van der Waals surface area contributed by atoms with Crippen LogP contribution < -0.4 is 15.8 Å². The number of fused-ring (bicyclic) bond motifs is 1. The Balaban J connectivity index is 2.04. The molecule has 0 heterocycles. The second-order valence-corrected chi connectivity index (χ2v) is 6.07. The molecule has 3 aromatic carbocycles. The lowest BCUT2D eigenvalue weighted by Crippen LogP contribution is -2.14. The predicted molar refractivity (Wildman–Crippen MR) is 101 cm³/mol. The van der Waals surface area contributed by atoms with Crippen molar-refractivity contribution in [2.75, 3.05) is 18.2 Å². The van der Waals surface area contributed by atoms with Gasteiger partial charge < -0.3 is 20.9 Å². The molecule has 0 fully saturated rings. The van der Waals surface area contributed by atoms with Gasteiger partial charge in [0.25, 0.3) is 5.91 Å². The first-order valence-corrected chi connectivity index (χ1v) is 7.96. The van der Waals surface area contributed by atoms with Crippen molar-refractivity contribution in [2.45, 2.75) is 6.92 Å². The van der Waals surface area contributed by atoms with Gasteiger partial charge >= 0.3 is 0 Å². The van der Waals surface area contributed by atoms with Crippen LogP contribution in [0, 0.1) is 6.92 Å². The SMILES string of the molecule is COc1cc(Cl)c(C)cc1NC(=O)c1cc2ccccc2c(N)c1O. The minimum Gasteiger partial charge on any atom is -0.505 e. The van der Waals surface area contributed by atoms with Crippen molar-refractivity contribution in [3.8, 4) is 11.5 Å². The van der Waals surface area contributed by atoms with Crippen LogP contribution in [0.4, 0.5) is 11.4 Å². The summed E-state index contributed by atoms with van der Waals surface area (Å²) in [6.45, 7) is 1.82. The number of ether oxygens (including phenoxy) is 1. The number of aryl methyl sites for hydroxylation is 1. The first kappa shape index (κ1) is 16.9. The van der Waals surface area contributed by atoms with E-state index < -0.39 is 5.91 Å². The van der Waals surface area contributed by atoms with E-state index in [-0.39, 0.29) is 17.0 Å². The standard InChI is InChI=1S/C19H17ClN2O3/c1-10-7-15(16(25-2)9-14(10)20)22-19(24)13-8-11-5-3-4-6-12(11)17(21)18(13)23/h3-9,23H,21H2,1-2H3,(H,22,24). The Kier molecular flexibility index (Phi) is 4.42. The predicted octanol–water partition coefficient (Wildman–Crippen LogP) is 4.35. The van der Waals surface area contributed by atoms with Crippen LogP contribution in [0.25, 0.3) is 10.8 Å². The summed E-state index contributed by atoms with van der Waals surface area (Å²) in [5.41, 5.74) is 7.49. The number of nitrogens with two attached hydrogens (primary N) is 1. The quantitative estimate of drug-likeness (QED) is 0.481. The Hall–Kier alpha value is -2.92. The lowest BCUT2D eigenvalue weighted by atomic mass is 10.0. The Morgan fingerprint density at radius 1 is 1.24 bits per heavy atom. The Morgan fingerprint density at radius 2 is 1.96 bits per heavy atom. The third kappa shape index (κ3) is 3.06. The van der Waals surface area contributed by atoms with Crippen LogP contribution in [0.3, 0.4) is 0 Å². The minimum atomic E-state index is -0.491. The molecule has 0 aliphatic carbocycles. The summed E-state index contributed by atoms with van der Waals surface area (Å²) in [5, 5.41) is 15.1. The molecule has 4 N–H and O–H groups in total. The Bertz CT molecular complexity index is 986. The smallest absolute Gasteiger partial charge is 0.259 e. The maximum absolute atomic E-state index is 12.7. The van der Waals surface area contributed by atoms with Crippen molar-refractivity contribution in [1.29, 1.82) is 0 Å². The molecule has 0 aliphatic rings. The van der Waals surface area contributed by atoms with Gasteiger partial charge in [-0.1, -0.05) is 35.9 Å². The number of nitrogen functional groups attached to an aromatic ring is 1. The number of halogens is 1. The molecule has 128 valence electrons. The lowest BCUT2D eigenvalue weighted by molar-refractivity contribution is 0.102. The van der Waals surface area contributed by atoms with Gasteiger partial charge in [-0.05, 0) is 30.0 Å². The van der Waals surface area contributed by atoms with Gasteiger partial charge in [0.15, 0.2) is 5.75 Å². The fraction of sp³-hybridized carbons (Fsp3) is 0.105. The van der Waals surface area contributed by atoms with E-state index in [4.69, 9.17) is 22.1 Å². The number of phenolic OH excluding ortho intramolecular Hbond substituents is 1. The van der Waals surface area contributed by atoms with Gasteiger partial charge in [-0.15, -0.1) is 0 Å². The molecule has 0 aliphatic heterocycles. The summed E-state index contributed by atoms with van der Waals surface area (Å²) in [4.78, 5) is 12.7. The summed E-state index contributed by atoms with van der Waals surface area (Å²) in [6, 6.07) is 12.2. The molecule has 25 heavy (non-hydrogen) atoms. The highest BCUT2D eigenvalue weighted by Crippen LogP contribution is 2.35. The summed E-state index contributed by atoms with van der Waals surface area (Å²) < 4.78 is 5.26. The molecule has 0 saturated carbocycles. The van der Waals surface area contributed by atoms with Gasteiger partial charge in [-0.3, -0.25) is 4.79 Å². The van der Waals surface area contributed by atoms with E-state index in [0.29, 0.717) is 21.8 Å². The zero-order valence-electron chi connectivity index (χ0n) is 13.8. The molecule has 1 amide bonds. The molecule has 3 aromatic rings. The van der Waals surface area contributed by atoms with Gasteiger partial charge in [-0.25, -0.2) is 0 Å². The summed E-state index contributed by atoms with van der Waals surface area (Å²) in [6.07, 6.45) is 0. The average Bonchev–Trinajstić information content (AvgIpc) is 2.61. The molecule has 0 spiro atoms. The monoisotopic (exact) mass is 356 g/mol. The van der Waals surface area contributed by atoms with E-state index in [0.717, 1.165) is 10.9 Å². The van der Waals surface area contributed by atoms with Crippen molar-refractivity contribution < 1.29 is 14.6 Å². The van der Waals surface area contributed by atoms with Gasteiger partial charge in [0.1, 0.15) is 5.75 Å². The topological polar surface area (TPSA) is 84.6 Å². The van der Waals surface area contributed by atoms with E-state index in [1.807, 2.05) is 25.1 Å². The van der Waals surface area contributed by atoms with Crippen molar-refractivity contribution in [1.82, 2.24) is 0 Å². The number of methoxy groups -OCH3 is 1. The molecule has 3 rings (SSSR count). The highest BCUT2D eigenvalue weighted by molar-refractivity contribution is 6.31. The van der Waals surface area contributed by atoms with Gasteiger partial charge in [0.05, 0.1) is 24.0 Å². The number of benzene rings is 3. The van der Waals surface area contributed by atoms with Crippen LogP contribution in [0.2, 0.25) is 5.02 Å². The molecule has 0 radical (unpaired) electrons. The number of hydrogen-bond donors (Lipinski definition) is 3. The van der Waals surface area contributed by atoms with E-state index in [1.54, 1.807) is 24.3 Å². The largest absolute Gasteiger partial charge is 0.505 e. The average molecular weight is 357 g/mol. The highest BCUT2D eigenvalue weighted by atomic mass is 35.5. The van der Waals surface area contributed by atoms with Crippen LogP contribution in [0.15, 0.2) is 42.5 Å². The third-order valence-electron chi connectivity index (χ3n) is 4.03. The number of carbonyl (C=O) groups is 1. The fourth-order valence-electron chi connectivity index (χ4n) is 2.66. The second-order valence-electron chi connectivity index (χ2n) is 5.66. The van der Waals surface area contributed by atoms with E-state index in [1.165, 1.54) is 7.11 Å². The summed E-state index contributed by atoms with van der Waals surface area (Å²) in [7, 11) is 1.49.